The van der Waals surface area contributed by atoms with Gasteiger partial charge in [-0.3, -0.25) is 0 Å². The third-order valence-corrected chi connectivity index (χ3v) is 2.90. The van der Waals surface area contributed by atoms with Crippen LogP contribution in [0.4, 0.5) is 4.79 Å². The van der Waals surface area contributed by atoms with E-state index in [0.29, 0.717) is 19.1 Å². The Morgan fingerprint density at radius 3 is 2.67 bits per heavy atom. The molecule has 0 spiro atoms. The Hall–Kier alpha value is -0.770. The molecule has 0 unspecified atom stereocenters. The molecule has 0 aromatic carbocycles. The molecule has 0 heterocycles. The first kappa shape index (κ1) is 12.3. The summed E-state index contributed by atoms with van der Waals surface area (Å²) < 4.78 is 0. The number of nitrogens with two attached hydrogens (primary N) is 1. The van der Waals surface area contributed by atoms with Crippen LogP contribution in [0.25, 0.3) is 0 Å². The van der Waals surface area contributed by atoms with Gasteiger partial charge in [0, 0.05) is 25.7 Å². The molecule has 1 aliphatic rings. The van der Waals surface area contributed by atoms with Gasteiger partial charge in [0.1, 0.15) is 0 Å². The van der Waals surface area contributed by atoms with E-state index in [0.717, 1.165) is 32.2 Å². The monoisotopic (exact) mass is 213 g/mol. The number of unbranched alkanes of at least 4 members (excludes halogenated alkanes) is 1. The molecule has 1 saturated carbocycles. The number of amides is 2. The molecule has 15 heavy (non-hydrogen) atoms. The van der Waals surface area contributed by atoms with E-state index in [1.54, 1.807) is 0 Å². The summed E-state index contributed by atoms with van der Waals surface area (Å²) in [7, 11) is 0. The van der Waals surface area contributed by atoms with E-state index in [1.165, 1.54) is 6.42 Å². The number of nitrogens with one attached hydrogen (secondary N) is 1. The van der Waals surface area contributed by atoms with Crippen LogP contribution in [0.15, 0.2) is 0 Å². The summed E-state index contributed by atoms with van der Waals surface area (Å²) in [5.41, 5.74) is 5.49. The van der Waals surface area contributed by atoms with E-state index < -0.39 is 0 Å². The maximum Gasteiger partial charge on any atom is 0.317 e. The largest absolute Gasteiger partial charge is 0.335 e. The summed E-state index contributed by atoms with van der Waals surface area (Å²) in [5, 5.41) is 3.04. The molecule has 0 bridgehead atoms. The zero-order valence-electron chi connectivity index (χ0n) is 9.67. The lowest BCUT2D eigenvalue weighted by Crippen LogP contribution is -2.48. The van der Waals surface area contributed by atoms with Gasteiger partial charge < -0.3 is 16.0 Å². The number of nitrogens with zero attached hydrogens (tertiary/aromatic N) is 1. The lowest BCUT2D eigenvalue weighted by molar-refractivity contribution is 0.187. The molecule has 2 amide bonds. The predicted molar refractivity (Wildman–Crippen MR) is 61.7 cm³/mol. The number of urea groups is 1. The zero-order valence-corrected chi connectivity index (χ0v) is 9.67. The molecule has 1 aliphatic carbocycles. The zero-order chi connectivity index (χ0) is 11.1. The molecule has 1 rings (SSSR count). The Bertz CT molecular complexity index is 192. The van der Waals surface area contributed by atoms with Crippen molar-refractivity contribution in [3.63, 3.8) is 0 Å². The van der Waals surface area contributed by atoms with E-state index >= 15 is 0 Å². The highest BCUT2D eigenvalue weighted by Gasteiger charge is 2.21. The Morgan fingerprint density at radius 2 is 2.20 bits per heavy atom. The molecule has 3 N–H and O–H groups in total. The topological polar surface area (TPSA) is 58.4 Å². The second kappa shape index (κ2) is 6.67. The van der Waals surface area contributed by atoms with Crippen LogP contribution in [0.3, 0.4) is 0 Å². The summed E-state index contributed by atoms with van der Waals surface area (Å²) >= 11 is 0. The second-order valence-electron chi connectivity index (χ2n) is 4.21. The summed E-state index contributed by atoms with van der Waals surface area (Å²) in [6, 6.07) is 0.484. The van der Waals surface area contributed by atoms with Crippen molar-refractivity contribution < 1.29 is 4.79 Å². The second-order valence-corrected chi connectivity index (χ2v) is 4.21. The van der Waals surface area contributed by atoms with Crippen molar-refractivity contribution >= 4 is 6.03 Å². The minimum Gasteiger partial charge on any atom is -0.335 e. The van der Waals surface area contributed by atoms with Crippen LogP contribution < -0.4 is 11.1 Å². The van der Waals surface area contributed by atoms with E-state index in [1.807, 2.05) is 4.90 Å². The molecule has 0 aromatic heterocycles. The van der Waals surface area contributed by atoms with Crippen LogP contribution >= 0.6 is 0 Å². The summed E-state index contributed by atoms with van der Waals surface area (Å²) in [6.07, 6.45) is 5.68. The molecule has 88 valence electrons. The van der Waals surface area contributed by atoms with Gasteiger partial charge in [-0.2, -0.15) is 0 Å². The third kappa shape index (κ3) is 4.08. The maximum atomic E-state index is 11.8. The Labute approximate surface area is 92.2 Å². The van der Waals surface area contributed by atoms with Crippen molar-refractivity contribution in [1.82, 2.24) is 10.2 Å². The highest BCUT2D eigenvalue weighted by molar-refractivity contribution is 5.74. The predicted octanol–water partition coefficient (Wildman–Crippen LogP) is 1.31. The Balaban J connectivity index is 2.28. The number of carbonyl (C=O) groups excluding carboxylic acids is 1. The minimum absolute atomic E-state index is 0.0681. The van der Waals surface area contributed by atoms with E-state index in [4.69, 9.17) is 5.73 Å². The van der Waals surface area contributed by atoms with Crippen molar-refractivity contribution in [1.29, 1.82) is 0 Å². The van der Waals surface area contributed by atoms with Crippen LogP contribution in [-0.4, -0.2) is 36.6 Å². The van der Waals surface area contributed by atoms with Gasteiger partial charge in [0.2, 0.25) is 0 Å². The number of carbonyl (C=O) groups is 1. The van der Waals surface area contributed by atoms with E-state index in [-0.39, 0.29) is 6.03 Å². The lowest BCUT2D eigenvalue weighted by Gasteiger charge is -2.30. The molecule has 1 fully saturated rings. The van der Waals surface area contributed by atoms with Gasteiger partial charge in [0.25, 0.3) is 0 Å². The average Bonchev–Trinajstić information content (AvgIpc) is 2.18. The highest BCUT2D eigenvalue weighted by atomic mass is 16.2. The Morgan fingerprint density at radius 1 is 1.47 bits per heavy atom. The first-order valence-electron chi connectivity index (χ1n) is 6.03. The number of rotatable bonds is 6. The van der Waals surface area contributed by atoms with Gasteiger partial charge in [-0.05, 0) is 25.7 Å². The number of hydrogen-bond acceptors (Lipinski definition) is 2. The molecule has 0 aromatic rings. The van der Waals surface area contributed by atoms with Gasteiger partial charge >= 0.3 is 6.03 Å². The molecule has 4 nitrogen and oxygen atoms in total. The highest BCUT2D eigenvalue weighted by Crippen LogP contribution is 2.18. The van der Waals surface area contributed by atoms with Gasteiger partial charge in [-0.25, -0.2) is 4.79 Å². The smallest absolute Gasteiger partial charge is 0.317 e. The fourth-order valence-electron chi connectivity index (χ4n) is 1.64. The van der Waals surface area contributed by atoms with E-state index in [9.17, 15) is 4.79 Å². The van der Waals surface area contributed by atoms with Crippen molar-refractivity contribution in [2.75, 3.05) is 19.6 Å². The standard InChI is InChI=1S/C11H23N3O/c1-2-3-8-14(9-7-12)11(15)13-10-5-4-6-10/h10H,2-9,12H2,1H3,(H,13,15). The van der Waals surface area contributed by atoms with Crippen molar-refractivity contribution in [2.45, 2.75) is 45.1 Å². The van der Waals surface area contributed by atoms with Crippen LogP contribution in [0.1, 0.15) is 39.0 Å². The first-order valence-corrected chi connectivity index (χ1v) is 6.03. The third-order valence-electron chi connectivity index (χ3n) is 2.90. The summed E-state index contributed by atoms with van der Waals surface area (Å²) in [6.45, 7) is 4.16. The van der Waals surface area contributed by atoms with Gasteiger partial charge in [-0.15, -0.1) is 0 Å². The fourth-order valence-corrected chi connectivity index (χ4v) is 1.64. The van der Waals surface area contributed by atoms with Crippen molar-refractivity contribution in [2.24, 2.45) is 5.73 Å². The molecule has 0 saturated heterocycles. The molecule has 0 radical (unpaired) electrons. The fraction of sp³-hybridized carbons (Fsp3) is 0.909. The number of hydrogen-bond donors (Lipinski definition) is 2. The van der Waals surface area contributed by atoms with Crippen LogP contribution in [0, 0.1) is 0 Å². The molecular weight excluding hydrogens is 190 g/mol. The SMILES string of the molecule is CCCCN(CCN)C(=O)NC1CCC1. The quantitative estimate of drug-likeness (QED) is 0.699. The van der Waals surface area contributed by atoms with Crippen LogP contribution in [-0.2, 0) is 0 Å². The van der Waals surface area contributed by atoms with Gasteiger partial charge in [0.15, 0.2) is 0 Å². The first-order chi connectivity index (χ1) is 7.27. The summed E-state index contributed by atoms with van der Waals surface area (Å²) in [5.74, 6) is 0. The van der Waals surface area contributed by atoms with Gasteiger partial charge in [0.05, 0.1) is 0 Å². The van der Waals surface area contributed by atoms with Crippen LogP contribution in [0.2, 0.25) is 0 Å². The minimum atomic E-state index is 0.0681. The Kier molecular flexibility index (Phi) is 5.47. The molecule has 0 aliphatic heterocycles. The van der Waals surface area contributed by atoms with Crippen molar-refractivity contribution in [3.8, 4) is 0 Å². The summed E-state index contributed by atoms with van der Waals surface area (Å²) in [4.78, 5) is 13.6. The van der Waals surface area contributed by atoms with Crippen LogP contribution in [0.5, 0.6) is 0 Å². The molecular formula is C11H23N3O. The van der Waals surface area contributed by atoms with E-state index in [2.05, 4.69) is 12.2 Å². The molecule has 0 atom stereocenters. The normalized spacial score (nSPS) is 15.9. The lowest BCUT2D eigenvalue weighted by atomic mass is 9.93. The van der Waals surface area contributed by atoms with Crippen molar-refractivity contribution in [3.05, 3.63) is 0 Å². The molecule has 4 heteroatoms. The average molecular weight is 213 g/mol. The maximum absolute atomic E-state index is 11.8. The van der Waals surface area contributed by atoms with Gasteiger partial charge in [-0.1, -0.05) is 13.3 Å².